The van der Waals surface area contributed by atoms with Gasteiger partial charge >= 0.3 is 0 Å². The molecule has 54 valence electrons. The first-order valence-corrected chi connectivity index (χ1v) is 3.04. The van der Waals surface area contributed by atoms with Crippen molar-refractivity contribution >= 4 is 11.6 Å². The number of halogens is 2. The summed E-state index contributed by atoms with van der Waals surface area (Å²) >= 11 is 5.44. The van der Waals surface area contributed by atoms with Crippen molar-refractivity contribution in [3.63, 3.8) is 0 Å². The minimum atomic E-state index is -0.660. The van der Waals surface area contributed by atoms with Gasteiger partial charge in [0.25, 0.3) is 0 Å². The lowest BCUT2D eigenvalue weighted by Crippen LogP contribution is -2.05. The Bertz CT molecular complexity index is 307. The van der Waals surface area contributed by atoms with Gasteiger partial charge in [0.1, 0.15) is 5.02 Å². The van der Waals surface area contributed by atoms with Crippen molar-refractivity contribution in [2.24, 2.45) is 0 Å². The third-order valence-corrected chi connectivity index (χ3v) is 1.58. The standard InChI is InChI=1S/C6H5ClFNO/c1-3-6(7)4(10)2-5(8)9-3/h2H,1H3,(H,9,10). The number of hydrogen-bond donors (Lipinski definition) is 1. The fraction of sp³-hybridized carbons (Fsp3) is 0.167. The van der Waals surface area contributed by atoms with E-state index in [2.05, 4.69) is 4.98 Å². The van der Waals surface area contributed by atoms with E-state index in [1.807, 2.05) is 0 Å². The third-order valence-electron chi connectivity index (χ3n) is 1.11. The van der Waals surface area contributed by atoms with Crippen molar-refractivity contribution in [1.29, 1.82) is 0 Å². The average molecular weight is 162 g/mol. The number of H-pyrrole nitrogens is 1. The maximum Gasteiger partial charge on any atom is 0.203 e. The Balaban J connectivity index is 3.46. The Kier molecular flexibility index (Phi) is 1.76. The van der Waals surface area contributed by atoms with E-state index in [-0.39, 0.29) is 5.02 Å². The number of hydrogen-bond acceptors (Lipinski definition) is 1. The molecule has 0 atom stereocenters. The minimum Gasteiger partial charge on any atom is -0.334 e. The van der Waals surface area contributed by atoms with Gasteiger partial charge in [-0.05, 0) is 6.92 Å². The van der Waals surface area contributed by atoms with Crippen LogP contribution in [0.4, 0.5) is 4.39 Å². The number of nitrogens with one attached hydrogen (secondary N) is 1. The lowest BCUT2D eigenvalue weighted by Gasteiger charge is -1.94. The zero-order valence-electron chi connectivity index (χ0n) is 5.24. The van der Waals surface area contributed by atoms with Crippen molar-refractivity contribution in [2.45, 2.75) is 6.92 Å². The molecule has 4 heteroatoms. The second-order valence-electron chi connectivity index (χ2n) is 1.92. The molecule has 1 rings (SSSR count). The molecule has 0 unspecified atom stereocenters. The molecule has 0 aliphatic heterocycles. The molecule has 0 fully saturated rings. The molecule has 0 bridgehead atoms. The van der Waals surface area contributed by atoms with E-state index >= 15 is 0 Å². The topological polar surface area (TPSA) is 32.9 Å². The number of pyridine rings is 1. The Morgan fingerprint density at radius 2 is 2.30 bits per heavy atom. The quantitative estimate of drug-likeness (QED) is 0.575. The van der Waals surface area contributed by atoms with E-state index in [0.29, 0.717) is 5.69 Å². The summed E-state index contributed by atoms with van der Waals surface area (Å²) in [6, 6.07) is 0.815. The number of aromatic amines is 1. The highest BCUT2D eigenvalue weighted by atomic mass is 35.5. The Morgan fingerprint density at radius 3 is 2.80 bits per heavy atom. The summed E-state index contributed by atoms with van der Waals surface area (Å²) in [4.78, 5) is 12.9. The summed E-state index contributed by atoms with van der Waals surface area (Å²) in [5, 5.41) is 0.0430. The van der Waals surface area contributed by atoms with E-state index in [0.717, 1.165) is 6.07 Å². The monoisotopic (exact) mass is 161 g/mol. The zero-order valence-corrected chi connectivity index (χ0v) is 6.00. The van der Waals surface area contributed by atoms with Gasteiger partial charge < -0.3 is 4.98 Å². The van der Waals surface area contributed by atoms with E-state index in [1.165, 1.54) is 6.92 Å². The normalized spacial score (nSPS) is 9.90. The van der Waals surface area contributed by atoms with Gasteiger partial charge in [0.05, 0.1) is 0 Å². The van der Waals surface area contributed by atoms with Gasteiger partial charge in [-0.2, -0.15) is 4.39 Å². The summed E-state index contributed by atoms with van der Waals surface area (Å²) < 4.78 is 12.3. The van der Waals surface area contributed by atoms with Crippen LogP contribution in [0.5, 0.6) is 0 Å². The number of aryl methyl sites for hydroxylation is 1. The van der Waals surface area contributed by atoms with Crippen LogP contribution < -0.4 is 5.43 Å². The molecular formula is C6H5ClFNO. The molecule has 0 spiro atoms. The molecule has 0 aliphatic rings. The largest absolute Gasteiger partial charge is 0.334 e. The predicted molar refractivity (Wildman–Crippen MR) is 36.8 cm³/mol. The maximum absolute atomic E-state index is 12.3. The first-order chi connectivity index (χ1) is 4.61. The van der Waals surface area contributed by atoms with Crippen LogP contribution in [0.15, 0.2) is 10.9 Å². The summed E-state index contributed by atoms with van der Waals surface area (Å²) in [6.45, 7) is 1.53. The molecule has 0 aliphatic carbocycles. The highest BCUT2D eigenvalue weighted by Gasteiger charge is 2.01. The van der Waals surface area contributed by atoms with Crippen molar-refractivity contribution in [3.05, 3.63) is 33.0 Å². The van der Waals surface area contributed by atoms with Gasteiger partial charge in [0.2, 0.25) is 5.43 Å². The van der Waals surface area contributed by atoms with Gasteiger partial charge in [-0.25, -0.2) is 0 Å². The van der Waals surface area contributed by atoms with Gasteiger partial charge in [0.15, 0.2) is 5.95 Å². The first-order valence-electron chi connectivity index (χ1n) is 2.66. The molecule has 0 radical (unpaired) electrons. The molecule has 1 aromatic rings. The van der Waals surface area contributed by atoms with E-state index in [9.17, 15) is 9.18 Å². The summed E-state index contributed by atoms with van der Waals surface area (Å²) in [5.74, 6) is -0.660. The molecule has 0 saturated carbocycles. The van der Waals surface area contributed by atoms with Crippen LogP contribution in [0.25, 0.3) is 0 Å². The van der Waals surface area contributed by atoms with Crippen LogP contribution in [-0.4, -0.2) is 4.98 Å². The lowest BCUT2D eigenvalue weighted by molar-refractivity contribution is 0.578. The summed E-state index contributed by atoms with van der Waals surface area (Å²) in [7, 11) is 0. The van der Waals surface area contributed by atoms with Crippen molar-refractivity contribution in [1.82, 2.24) is 4.98 Å². The highest BCUT2D eigenvalue weighted by Crippen LogP contribution is 2.05. The molecular weight excluding hydrogens is 157 g/mol. The summed E-state index contributed by atoms with van der Waals surface area (Å²) in [6.07, 6.45) is 0. The van der Waals surface area contributed by atoms with Crippen LogP contribution in [0, 0.1) is 12.9 Å². The third kappa shape index (κ3) is 1.19. The van der Waals surface area contributed by atoms with Crippen LogP contribution in [0.1, 0.15) is 5.69 Å². The van der Waals surface area contributed by atoms with E-state index in [1.54, 1.807) is 0 Å². The number of aromatic nitrogens is 1. The SMILES string of the molecule is Cc1[nH]c(F)cc(=O)c1Cl. The van der Waals surface area contributed by atoms with Crippen LogP contribution in [0.2, 0.25) is 5.02 Å². The van der Waals surface area contributed by atoms with E-state index < -0.39 is 11.4 Å². The van der Waals surface area contributed by atoms with Crippen LogP contribution in [0.3, 0.4) is 0 Å². The second-order valence-corrected chi connectivity index (χ2v) is 2.30. The molecule has 1 heterocycles. The molecule has 1 N–H and O–H groups in total. The number of rotatable bonds is 0. The minimum absolute atomic E-state index is 0.0430. The molecule has 2 nitrogen and oxygen atoms in total. The summed E-state index contributed by atoms with van der Waals surface area (Å²) in [5.41, 5.74) is -0.137. The van der Waals surface area contributed by atoms with Crippen LogP contribution >= 0.6 is 11.6 Å². The van der Waals surface area contributed by atoms with Crippen molar-refractivity contribution in [2.75, 3.05) is 0 Å². The van der Waals surface area contributed by atoms with Gasteiger partial charge in [-0.15, -0.1) is 0 Å². The molecule has 0 saturated heterocycles. The fourth-order valence-corrected chi connectivity index (χ4v) is 0.735. The lowest BCUT2D eigenvalue weighted by atomic mass is 10.4. The Hall–Kier alpha value is -0.830. The Morgan fingerprint density at radius 1 is 1.70 bits per heavy atom. The first kappa shape index (κ1) is 7.28. The maximum atomic E-state index is 12.3. The molecule has 0 aromatic carbocycles. The Labute approximate surface area is 61.6 Å². The molecule has 1 aromatic heterocycles. The van der Waals surface area contributed by atoms with Gasteiger partial charge in [-0.1, -0.05) is 11.6 Å². The fourth-order valence-electron chi connectivity index (χ4n) is 0.633. The average Bonchev–Trinajstić information content (AvgIpc) is 1.82. The van der Waals surface area contributed by atoms with Crippen LogP contribution in [-0.2, 0) is 0 Å². The highest BCUT2D eigenvalue weighted by molar-refractivity contribution is 6.31. The smallest absolute Gasteiger partial charge is 0.203 e. The van der Waals surface area contributed by atoms with Crippen molar-refractivity contribution in [3.8, 4) is 0 Å². The van der Waals surface area contributed by atoms with E-state index in [4.69, 9.17) is 11.6 Å². The van der Waals surface area contributed by atoms with Crippen molar-refractivity contribution < 1.29 is 4.39 Å². The molecule has 10 heavy (non-hydrogen) atoms. The second kappa shape index (κ2) is 2.42. The predicted octanol–water partition coefficient (Wildman–Crippen LogP) is 1.48. The zero-order chi connectivity index (χ0) is 7.72. The molecule has 0 amide bonds. The van der Waals surface area contributed by atoms with Gasteiger partial charge in [-0.3, -0.25) is 4.79 Å². The van der Waals surface area contributed by atoms with Gasteiger partial charge in [0, 0.05) is 11.8 Å².